The molecular formula is C27H25N3O7. The Morgan fingerprint density at radius 1 is 0.865 bits per heavy atom. The van der Waals surface area contributed by atoms with Gasteiger partial charge in [0.15, 0.2) is 23.9 Å². The number of hydrogen-bond acceptors (Lipinski definition) is 8. The van der Waals surface area contributed by atoms with E-state index < -0.39 is 24.4 Å². The lowest BCUT2D eigenvalue weighted by molar-refractivity contribution is -0.122. The van der Waals surface area contributed by atoms with Crippen LogP contribution in [-0.4, -0.2) is 50.4 Å². The molecule has 0 aromatic heterocycles. The van der Waals surface area contributed by atoms with Gasteiger partial charge in [-0.05, 0) is 54.6 Å². The second kappa shape index (κ2) is 11.3. The minimum Gasteiger partial charge on any atom is -0.493 e. The summed E-state index contributed by atoms with van der Waals surface area (Å²) in [7, 11) is 2.95. The Morgan fingerprint density at radius 2 is 1.54 bits per heavy atom. The number of rotatable bonds is 9. The Morgan fingerprint density at radius 3 is 2.24 bits per heavy atom. The van der Waals surface area contributed by atoms with Gasteiger partial charge >= 0.3 is 5.97 Å². The lowest BCUT2D eigenvalue weighted by Crippen LogP contribution is -2.41. The van der Waals surface area contributed by atoms with Crippen molar-refractivity contribution in [1.29, 1.82) is 0 Å². The van der Waals surface area contributed by atoms with Crippen molar-refractivity contribution in [1.82, 2.24) is 0 Å². The fourth-order valence-electron chi connectivity index (χ4n) is 3.73. The van der Waals surface area contributed by atoms with Gasteiger partial charge < -0.3 is 30.2 Å². The Bertz CT molecular complexity index is 1340. The topological polar surface area (TPSA) is 132 Å². The molecule has 3 aromatic carbocycles. The average Bonchev–Trinajstić information content (AvgIpc) is 2.91. The largest absolute Gasteiger partial charge is 0.493 e. The third-order valence-corrected chi connectivity index (χ3v) is 5.66. The van der Waals surface area contributed by atoms with Crippen molar-refractivity contribution >= 4 is 40.6 Å². The zero-order valence-electron chi connectivity index (χ0n) is 20.2. The van der Waals surface area contributed by atoms with Crippen LogP contribution in [-0.2, 0) is 14.3 Å². The van der Waals surface area contributed by atoms with Crippen molar-refractivity contribution in [3.63, 3.8) is 0 Å². The first-order chi connectivity index (χ1) is 17.9. The van der Waals surface area contributed by atoms with E-state index in [-0.39, 0.29) is 23.8 Å². The molecule has 1 heterocycles. The molecule has 1 unspecified atom stereocenters. The van der Waals surface area contributed by atoms with E-state index in [1.54, 1.807) is 18.2 Å². The smallest absolute Gasteiger partial charge is 0.338 e. The maximum absolute atomic E-state index is 12.5. The summed E-state index contributed by atoms with van der Waals surface area (Å²) in [5.41, 5.74) is 2.38. The number of para-hydroxylation sites is 2. The van der Waals surface area contributed by atoms with Gasteiger partial charge in [0.1, 0.15) is 6.04 Å². The second-order valence-corrected chi connectivity index (χ2v) is 8.13. The molecular weight excluding hydrogens is 478 g/mol. The number of fused-ring (bicyclic) bond motifs is 1. The molecule has 0 saturated heterocycles. The molecule has 10 heteroatoms. The predicted octanol–water partition coefficient (Wildman–Crippen LogP) is 3.50. The maximum atomic E-state index is 12.5. The number of carbonyl (C=O) groups is 4. The molecule has 1 atom stereocenters. The zero-order valence-corrected chi connectivity index (χ0v) is 20.2. The second-order valence-electron chi connectivity index (χ2n) is 8.13. The lowest BCUT2D eigenvalue weighted by atomic mass is 10.1. The highest BCUT2D eigenvalue weighted by atomic mass is 16.5. The number of esters is 1. The zero-order chi connectivity index (χ0) is 26.4. The summed E-state index contributed by atoms with van der Waals surface area (Å²) in [6, 6.07) is 17.2. The highest BCUT2D eigenvalue weighted by Crippen LogP contribution is 2.28. The van der Waals surface area contributed by atoms with Crippen LogP contribution in [0.2, 0.25) is 0 Å². The molecule has 0 spiro atoms. The van der Waals surface area contributed by atoms with E-state index in [1.807, 2.05) is 18.2 Å². The van der Waals surface area contributed by atoms with E-state index in [4.69, 9.17) is 14.2 Å². The molecule has 1 aliphatic rings. The number of carbonyl (C=O) groups excluding carboxylic acids is 4. The lowest BCUT2D eigenvalue weighted by Gasteiger charge is -2.26. The van der Waals surface area contributed by atoms with Gasteiger partial charge in [0, 0.05) is 11.3 Å². The van der Waals surface area contributed by atoms with E-state index in [9.17, 15) is 19.2 Å². The molecule has 1 aliphatic heterocycles. The predicted molar refractivity (Wildman–Crippen MR) is 136 cm³/mol. The normalized spacial score (nSPS) is 13.9. The van der Waals surface area contributed by atoms with Crippen LogP contribution in [0.25, 0.3) is 0 Å². The summed E-state index contributed by atoms with van der Waals surface area (Å²) >= 11 is 0. The van der Waals surface area contributed by atoms with Crippen LogP contribution >= 0.6 is 0 Å². The molecule has 0 bridgehead atoms. The van der Waals surface area contributed by atoms with Gasteiger partial charge in [-0.25, -0.2) is 4.79 Å². The van der Waals surface area contributed by atoms with E-state index in [0.29, 0.717) is 28.4 Å². The number of ether oxygens (including phenoxy) is 3. The maximum Gasteiger partial charge on any atom is 0.338 e. The average molecular weight is 504 g/mol. The third-order valence-electron chi connectivity index (χ3n) is 5.66. The molecule has 190 valence electrons. The number of nitrogens with one attached hydrogen (secondary N) is 3. The van der Waals surface area contributed by atoms with Crippen molar-refractivity contribution in [2.45, 2.75) is 12.5 Å². The minimum atomic E-state index is -0.715. The van der Waals surface area contributed by atoms with Crippen LogP contribution in [0, 0.1) is 0 Å². The van der Waals surface area contributed by atoms with Gasteiger partial charge in [0.2, 0.25) is 11.8 Å². The number of methoxy groups -OCH3 is 2. The first-order valence-corrected chi connectivity index (χ1v) is 11.4. The van der Waals surface area contributed by atoms with Crippen LogP contribution < -0.4 is 25.4 Å². The summed E-state index contributed by atoms with van der Waals surface area (Å²) in [6.45, 7) is -0.452. The van der Waals surface area contributed by atoms with Gasteiger partial charge in [-0.1, -0.05) is 12.1 Å². The summed E-state index contributed by atoms with van der Waals surface area (Å²) in [5.74, 6) is -0.888. The number of ketones is 1. The minimum absolute atomic E-state index is 0.0811. The Labute approximate surface area is 212 Å². The van der Waals surface area contributed by atoms with Crippen LogP contribution in [0.3, 0.4) is 0 Å². The van der Waals surface area contributed by atoms with Gasteiger partial charge in [0.25, 0.3) is 0 Å². The molecule has 10 nitrogen and oxygen atoms in total. The summed E-state index contributed by atoms with van der Waals surface area (Å²) in [4.78, 5) is 49.6. The van der Waals surface area contributed by atoms with Crippen LogP contribution in [0.15, 0.2) is 66.7 Å². The molecule has 0 radical (unpaired) electrons. The van der Waals surface area contributed by atoms with Crippen LogP contribution in [0.5, 0.6) is 11.5 Å². The Kier molecular flexibility index (Phi) is 7.68. The molecule has 0 saturated carbocycles. The number of Topliss-reactive ketones (excluding diaryl/α,β-unsaturated/α-hetero) is 1. The number of amides is 2. The first-order valence-electron chi connectivity index (χ1n) is 11.4. The quantitative estimate of drug-likeness (QED) is 0.299. The van der Waals surface area contributed by atoms with E-state index in [1.165, 1.54) is 44.6 Å². The molecule has 4 rings (SSSR count). The Hall–Kier alpha value is -4.86. The third kappa shape index (κ3) is 6.04. The Balaban J connectivity index is 1.28. The number of anilines is 3. The van der Waals surface area contributed by atoms with Crippen molar-refractivity contribution in [2.75, 3.05) is 36.8 Å². The van der Waals surface area contributed by atoms with E-state index in [2.05, 4.69) is 16.0 Å². The molecule has 3 N–H and O–H groups in total. The molecule has 3 aromatic rings. The van der Waals surface area contributed by atoms with Crippen LogP contribution in [0.1, 0.15) is 27.1 Å². The standard InChI is InChI=1S/C27H25N3O7/c1-35-23-12-9-17(13-24(23)36-2)22(31)15-37-27(34)16-7-10-18(11-8-16)28-25(32)14-21-26(33)30-20-6-4-3-5-19(20)29-21/h3-13,21,29H,14-15H2,1-2H3,(H,28,32)(H,30,33). The summed E-state index contributed by atoms with van der Waals surface area (Å²) < 4.78 is 15.5. The summed E-state index contributed by atoms with van der Waals surface area (Å²) in [5, 5.41) is 8.54. The van der Waals surface area contributed by atoms with Crippen molar-refractivity contribution < 1.29 is 33.4 Å². The highest BCUT2D eigenvalue weighted by molar-refractivity contribution is 6.06. The molecule has 37 heavy (non-hydrogen) atoms. The first kappa shape index (κ1) is 25.2. The molecule has 0 fully saturated rings. The summed E-state index contributed by atoms with van der Waals surface area (Å²) in [6.07, 6.45) is -0.0811. The van der Waals surface area contributed by atoms with Gasteiger partial charge in [-0.2, -0.15) is 0 Å². The van der Waals surface area contributed by atoms with Crippen molar-refractivity contribution in [3.8, 4) is 11.5 Å². The number of hydrogen-bond donors (Lipinski definition) is 3. The molecule has 2 amide bonds. The molecule has 0 aliphatic carbocycles. The SMILES string of the molecule is COc1ccc(C(=O)COC(=O)c2ccc(NC(=O)CC3Nc4ccccc4NC3=O)cc2)cc1OC. The van der Waals surface area contributed by atoms with Crippen molar-refractivity contribution in [2.24, 2.45) is 0 Å². The monoisotopic (exact) mass is 503 g/mol. The highest BCUT2D eigenvalue weighted by Gasteiger charge is 2.27. The van der Waals surface area contributed by atoms with Gasteiger partial charge in [0.05, 0.1) is 37.6 Å². The van der Waals surface area contributed by atoms with Gasteiger partial charge in [-0.15, -0.1) is 0 Å². The fourth-order valence-corrected chi connectivity index (χ4v) is 3.73. The van der Waals surface area contributed by atoms with Gasteiger partial charge in [-0.3, -0.25) is 14.4 Å². The van der Waals surface area contributed by atoms with E-state index in [0.717, 1.165) is 5.69 Å². The fraction of sp³-hybridized carbons (Fsp3) is 0.185. The van der Waals surface area contributed by atoms with Crippen molar-refractivity contribution in [3.05, 3.63) is 77.9 Å². The number of benzene rings is 3. The van der Waals surface area contributed by atoms with E-state index >= 15 is 0 Å². The van der Waals surface area contributed by atoms with Crippen LogP contribution in [0.4, 0.5) is 17.1 Å².